The predicted octanol–water partition coefficient (Wildman–Crippen LogP) is 3.08. The molecular weight excluding hydrogens is 408 g/mol. The quantitative estimate of drug-likeness (QED) is 0.592. The number of nitrogens with zero attached hydrogens (tertiary/aromatic N) is 4. The summed E-state index contributed by atoms with van der Waals surface area (Å²) >= 11 is 0. The molecule has 8 nitrogen and oxygen atoms in total. The summed E-state index contributed by atoms with van der Waals surface area (Å²) in [7, 11) is 6.67. The van der Waals surface area contributed by atoms with Crippen LogP contribution in [0.4, 0.5) is 5.69 Å². The Labute approximate surface area is 187 Å². The number of anilines is 1. The summed E-state index contributed by atoms with van der Waals surface area (Å²) in [5.41, 5.74) is 3.18. The molecule has 0 unspecified atom stereocenters. The largest absolute Gasteiger partial charge is 0.497 e. The molecule has 1 fully saturated rings. The van der Waals surface area contributed by atoms with Crippen LogP contribution in [-0.2, 0) is 7.05 Å². The van der Waals surface area contributed by atoms with Crippen molar-refractivity contribution in [1.29, 1.82) is 0 Å². The lowest BCUT2D eigenvalue weighted by atomic mass is 10.1. The van der Waals surface area contributed by atoms with Crippen molar-refractivity contribution in [2.24, 2.45) is 7.05 Å². The molecule has 0 aliphatic carbocycles. The third-order valence-corrected chi connectivity index (χ3v) is 5.79. The van der Waals surface area contributed by atoms with Gasteiger partial charge in [-0.2, -0.15) is 5.10 Å². The number of piperazine rings is 1. The van der Waals surface area contributed by atoms with Crippen molar-refractivity contribution in [2.45, 2.75) is 0 Å². The molecule has 1 aliphatic rings. The van der Waals surface area contributed by atoms with Gasteiger partial charge in [-0.25, -0.2) is 0 Å². The number of benzene rings is 2. The van der Waals surface area contributed by atoms with Crippen molar-refractivity contribution in [3.8, 4) is 28.5 Å². The molecule has 32 heavy (non-hydrogen) atoms. The van der Waals surface area contributed by atoms with E-state index in [-0.39, 0.29) is 5.91 Å². The molecule has 2 aromatic carbocycles. The molecule has 1 aliphatic heterocycles. The molecule has 3 aromatic rings. The minimum Gasteiger partial charge on any atom is -0.497 e. The standard InChI is InChI=1S/C24H28N4O4/c1-26-22(16-21(25-26)20-10-9-19(31-3)15-23(20)32-4)24(29)28-13-11-27(12-14-28)17-5-7-18(30-2)8-6-17/h5-10,15-16H,11-14H2,1-4H3. The summed E-state index contributed by atoms with van der Waals surface area (Å²) in [6.45, 7) is 2.85. The number of carbonyl (C=O) groups is 1. The topological polar surface area (TPSA) is 69.1 Å². The van der Waals surface area contributed by atoms with Crippen LogP contribution in [0.3, 0.4) is 0 Å². The van der Waals surface area contributed by atoms with Gasteiger partial charge in [-0.15, -0.1) is 0 Å². The van der Waals surface area contributed by atoms with Gasteiger partial charge < -0.3 is 24.0 Å². The lowest BCUT2D eigenvalue weighted by Crippen LogP contribution is -2.49. The van der Waals surface area contributed by atoms with Gasteiger partial charge in [0, 0.05) is 50.5 Å². The fourth-order valence-electron chi connectivity index (χ4n) is 3.93. The number of ether oxygens (including phenoxy) is 3. The van der Waals surface area contributed by atoms with E-state index in [2.05, 4.69) is 10.00 Å². The van der Waals surface area contributed by atoms with E-state index in [4.69, 9.17) is 14.2 Å². The molecule has 4 rings (SSSR count). The van der Waals surface area contributed by atoms with E-state index in [1.165, 1.54) is 0 Å². The van der Waals surface area contributed by atoms with E-state index in [1.807, 2.05) is 53.4 Å². The van der Waals surface area contributed by atoms with E-state index in [0.29, 0.717) is 36.0 Å². The van der Waals surface area contributed by atoms with Gasteiger partial charge in [0.25, 0.3) is 5.91 Å². The van der Waals surface area contributed by atoms with Gasteiger partial charge in [-0.3, -0.25) is 9.48 Å². The van der Waals surface area contributed by atoms with Crippen LogP contribution < -0.4 is 19.1 Å². The Kier molecular flexibility index (Phi) is 6.20. The second-order valence-corrected chi connectivity index (χ2v) is 7.58. The zero-order valence-electron chi connectivity index (χ0n) is 18.9. The normalized spacial score (nSPS) is 13.8. The first-order valence-electron chi connectivity index (χ1n) is 10.5. The highest BCUT2D eigenvalue weighted by Gasteiger charge is 2.25. The van der Waals surface area contributed by atoms with Crippen LogP contribution in [0.5, 0.6) is 17.2 Å². The number of carbonyl (C=O) groups excluding carboxylic acids is 1. The molecule has 1 aromatic heterocycles. The highest BCUT2D eigenvalue weighted by Crippen LogP contribution is 2.33. The van der Waals surface area contributed by atoms with Crippen molar-refractivity contribution < 1.29 is 19.0 Å². The monoisotopic (exact) mass is 436 g/mol. The first-order valence-corrected chi connectivity index (χ1v) is 10.5. The maximum atomic E-state index is 13.2. The van der Waals surface area contributed by atoms with Crippen molar-refractivity contribution in [3.05, 3.63) is 54.2 Å². The molecule has 0 saturated carbocycles. The molecule has 1 saturated heterocycles. The number of hydrogen-bond acceptors (Lipinski definition) is 6. The first kappa shape index (κ1) is 21.5. The third-order valence-electron chi connectivity index (χ3n) is 5.79. The maximum absolute atomic E-state index is 13.2. The first-order chi connectivity index (χ1) is 15.5. The Bertz CT molecular complexity index is 1090. The maximum Gasteiger partial charge on any atom is 0.272 e. The smallest absolute Gasteiger partial charge is 0.272 e. The molecule has 2 heterocycles. The van der Waals surface area contributed by atoms with Crippen LogP contribution in [-0.4, -0.2) is 68.1 Å². The number of hydrogen-bond donors (Lipinski definition) is 0. The Morgan fingerprint density at radius 1 is 0.844 bits per heavy atom. The Morgan fingerprint density at radius 2 is 1.50 bits per heavy atom. The summed E-state index contributed by atoms with van der Waals surface area (Å²) in [6, 6.07) is 15.4. The van der Waals surface area contributed by atoms with E-state index >= 15 is 0 Å². The van der Waals surface area contributed by atoms with Gasteiger partial charge in [-0.05, 0) is 42.5 Å². The molecule has 0 spiro atoms. The van der Waals surface area contributed by atoms with Crippen LogP contribution in [0.2, 0.25) is 0 Å². The molecule has 0 bridgehead atoms. The highest BCUT2D eigenvalue weighted by atomic mass is 16.5. The van der Waals surface area contributed by atoms with Crippen LogP contribution in [0.25, 0.3) is 11.3 Å². The van der Waals surface area contributed by atoms with Gasteiger partial charge >= 0.3 is 0 Å². The Hall–Kier alpha value is -3.68. The SMILES string of the molecule is COc1ccc(N2CCN(C(=O)c3cc(-c4ccc(OC)cc4OC)nn3C)CC2)cc1. The molecule has 0 N–H and O–H groups in total. The Balaban J connectivity index is 1.47. The average Bonchev–Trinajstić information content (AvgIpc) is 3.24. The van der Waals surface area contributed by atoms with E-state index in [0.717, 1.165) is 30.1 Å². The molecule has 1 amide bonds. The van der Waals surface area contributed by atoms with E-state index in [1.54, 1.807) is 33.1 Å². The van der Waals surface area contributed by atoms with Crippen molar-refractivity contribution in [1.82, 2.24) is 14.7 Å². The van der Waals surface area contributed by atoms with Gasteiger partial charge in [0.1, 0.15) is 22.9 Å². The fraction of sp³-hybridized carbons (Fsp3) is 0.333. The third kappa shape index (κ3) is 4.21. The summed E-state index contributed by atoms with van der Waals surface area (Å²) in [5, 5.41) is 4.57. The van der Waals surface area contributed by atoms with E-state index in [9.17, 15) is 4.79 Å². The Morgan fingerprint density at radius 3 is 2.12 bits per heavy atom. The van der Waals surface area contributed by atoms with Crippen molar-refractivity contribution in [3.63, 3.8) is 0 Å². The lowest BCUT2D eigenvalue weighted by Gasteiger charge is -2.36. The lowest BCUT2D eigenvalue weighted by molar-refractivity contribution is 0.0735. The number of aromatic nitrogens is 2. The van der Waals surface area contributed by atoms with Gasteiger partial charge in [0.2, 0.25) is 0 Å². The fourth-order valence-corrected chi connectivity index (χ4v) is 3.93. The highest BCUT2D eigenvalue weighted by molar-refractivity contribution is 5.94. The summed E-state index contributed by atoms with van der Waals surface area (Å²) in [6.07, 6.45) is 0. The minimum atomic E-state index is -0.0203. The molecule has 0 atom stereocenters. The zero-order chi connectivity index (χ0) is 22.7. The number of methoxy groups -OCH3 is 3. The second-order valence-electron chi connectivity index (χ2n) is 7.58. The van der Waals surface area contributed by atoms with Crippen molar-refractivity contribution >= 4 is 11.6 Å². The van der Waals surface area contributed by atoms with Crippen LogP contribution >= 0.6 is 0 Å². The van der Waals surface area contributed by atoms with Crippen LogP contribution in [0.15, 0.2) is 48.5 Å². The van der Waals surface area contributed by atoms with Gasteiger partial charge in [0.05, 0.1) is 27.0 Å². The van der Waals surface area contributed by atoms with Crippen LogP contribution in [0, 0.1) is 0 Å². The molecule has 0 radical (unpaired) electrons. The van der Waals surface area contributed by atoms with Crippen LogP contribution in [0.1, 0.15) is 10.5 Å². The van der Waals surface area contributed by atoms with E-state index < -0.39 is 0 Å². The van der Waals surface area contributed by atoms with Gasteiger partial charge in [-0.1, -0.05) is 0 Å². The predicted molar refractivity (Wildman–Crippen MR) is 123 cm³/mol. The zero-order valence-corrected chi connectivity index (χ0v) is 18.9. The number of rotatable bonds is 6. The number of amides is 1. The van der Waals surface area contributed by atoms with Gasteiger partial charge in [0.15, 0.2) is 0 Å². The summed E-state index contributed by atoms with van der Waals surface area (Å²) in [4.78, 5) is 17.4. The summed E-state index contributed by atoms with van der Waals surface area (Å²) < 4.78 is 17.6. The minimum absolute atomic E-state index is 0.0203. The second kappa shape index (κ2) is 9.21. The van der Waals surface area contributed by atoms with Crippen molar-refractivity contribution in [2.75, 3.05) is 52.4 Å². The molecule has 8 heteroatoms. The molecular formula is C24H28N4O4. The average molecular weight is 437 g/mol. The number of aryl methyl sites for hydroxylation is 1. The molecule has 168 valence electrons. The summed E-state index contributed by atoms with van der Waals surface area (Å²) in [5.74, 6) is 2.17.